The number of hydrogen-bond acceptors (Lipinski definition) is 1. The van der Waals surface area contributed by atoms with Crippen LogP contribution >= 0.6 is 7.92 Å². The highest BCUT2D eigenvalue weighted by Crippen LogP contribution is 2.58. The van der Waals surface area contributed by atoms with Gasteiger partial charge in [0.15, 0.2) is 0 Å². The van der Waals surface area contributed by atoms with E-state index in [1.165, 1.54) is 44.9 Å². The van der Waals surface area contributed by atoms with Gasteiger partial charge < -0.3 is 4.90 Å². The normalized spacial score (nSPS) is 29.1. The highest BCUT2D eigenvalue weighted by atomic mass is 31.1. The molecular weight excluding hydrogens is 285 g/mol. The van der Waals surface area contributed by atoms with Crippen LogP contribution in [0.5, 0.6) is 0 Å². The lowest BCUT2D eigenvalue weighted by Gasteiger charge is -2.38. The molecule has 1 aromatic carbocycles. The minimum atomic E-state index is 0.0188. The van der Waals surface area contributed by atoms with Crippen LogP contribution in [0.3, 0.4) is 0 Å². The Morgan fingerprint density at radius 3 is 2.27 bits per heavy atom. The first-order chi connectivity index (χ1) is 10.7. The fourth-order valence-electron chi connectivity index (χ4n) is 4.72. The van der Waals surface area contributed by atoms with Crippen LogP contribution < -0.4 is 5.30 Å². The quantitative estimate of drug-likeness (QED) is 0.701. The van der Waals surface area contributed by atoms with E-state index in [0.29, 0.717) is 0 Å². The van der Waals surface area contributed by atoms with E-state index in [1.54, 1.807) is 5.30 Å². The number of rotatable bonds is 5. The molecule has 2 fully saturated rings. The Balaban J connectivity index is 1.88. The molecule has 2 aliphatic carbocycles. The fourth-order valence-corrected chi connectivity index (χ4v) is 8.77. The van der Waals surface area contributed by atoms with Crippen molar-refractivity contribution in [1.29, 1.82) is 0 Å². The van der Waals surface area contributed by atoms with Crippen molar-refractivity contribution in [2.75, 3.05) is 14.1 Å². The first-order valence-corrected chi connectivity index (χ1v) is 10.7. The Kier molecular flexibility index (Phi) is 5.58. The van der Waals surface area contributed by atoms with Gasteiger partial charge in [-0.15, -0.1) is 0 Å². The fraction of sp³-hybridized carbons (Fsp3) is 0.700. The molecule has 0 N–H and O–H groups in total. The van der Waals surface area contributed by atoms with Gasteiger partial charge in [-0.1, -0.05) is 57.5 Å². The van der Waals surface area contributed by atoms with E-state index in [1.807, 2.05) is 0 Å². The third-order valence-corrected chi connectivity index (χ3v) is 9.65. The predicted molar refractivity (Wildman–Crippen MR) is 99.5 cm³/mol. The molecule has 4 atom stereocenters. The van der Waals surface area contributed by atoms with Crippen molar-refractivity contribution in [2.45, 2.75) is 69.2 Å². The summed E-state index contributed by atoms with van der Waals surface area (Å²) in [6.07, 6.45) is 10.3. The number of hydrogen-bond donors (Lipinski definition) is 0. The monoisotopic (exact) mass is 317 g/mol. The van der Waals surface area contributed by atoms with Crippen molar-refractivity contribution in [3.05, 3.63) is 30.3 Å². The van der Waals surface area contributed by atoms with Crippen molar-refractivity contribution >= 4 is 13.2 Å². The Hall–Kier alpha value is -0.390. The van der Waals surface area contributed by atoms with Crippen LogP contribution in [0, 0.1) is 5.92 Å². The second-order valence-corrected chi connectivity index (χ2v) is 10.3. The van der Waals surface area contributed by atoms with E-state index < -0.39 is 0 Å². The average molecular weight is 317 g/mol. The molecule has 2 unspecified atom stereocenters. The minimum absolute atomic E-state index is 0.0188. The molecule has 22 heavy (non-hydrogen) atoms. The van der Waals surface area contributed by atoms with Crippen LogP contribution in [0.1, 0.15) is 51.9 Å². The average Bonchev–Trinajstić information content (AvgIpc) is 3.20. The maximum atomic E-state index is 2.45. The minimum Gasteiger partial charge on any atom is -0.306 e. The maximum absolute atomic E-state index is 2.45. The van der Waals surface area contributed by atoms with Gasteiger partial charge in [0.05, 0.1) is 0 Å². The third-order valence-electron chi connectivity index (χ3n) is 6.10. The van der Waals surface area contributed by atoms with Gasteiger partial charge in [-0.25, -0.2) is 0 Å². The molecule has 0 bridgehead atoms. The van der Waals surface area contributed by atoms with Crippen molar-refractivity contribution in [3.63, 3.8) is 0 Å². The Morgan fingerprint density at radius 1 is 0.955 bits per heavy atom. The van der Waals surface area contributed by atoms with Gasteiger partial charge in [0.25, 0.3) is 0 Å². The second kappa shape index (κ2) is 7.45. The van der Waals surface area contributed by atoms with Gasteiger partial charge in [0.1, 0.15) is 0 Å². The molecule has 1 nitrogen and oxygen atoms in total. The van der Waals surface area contributed by atoms with Crippen molar-refractivity contribution in [1.82, 2.24) is 4.90 Å². The Labute approximate surface area is 138 Å². The standard InChI is InChI=1S/C20H32NP/c1-16(21(2)3)19-14-9-15-20(19)22(18-12-7-8-13-18)17-10-5-4-6-11-17/h4-6,10-11,16,18-20H,7-9,12-15H2,1-3H3/t16-,19?,20?,22+/m1/s1. The lowest BCUT2D eigenvalue weighted by molar-refractivity contribution is 0.232. The summed E-state index contributed by atoms with van der Waals surface area (Å²) in [4.78, 5) is 2.45. The van der Waals surface area contributed by atoms with Gasteiger partial charge in [-0.05, 0) is 69.2 Å². The van der Waals surface area contributed by atoms with Gasteiger partial charge in [-0.2, -0.15) is 0 Å². The van der Waals surface area contributed by atoms with E-state index in [2.05, 4.69) is 56.3 Å². The van der Waals surface area contributed by atoms with Gasteiger partial charge in [0.2, 0.25) is 0 Å². The summed E-state index contributed by atoms with van der Waals surface area (Å²) in [6, 6.07) is 12.3. The van der Waals surface area contributed by atoms with E-state index >= 15 is 0 Å². The zero-order valence-corrected chi connectivity index (χ0v) is 15.4. The molecule has 2 saturated carbocycles. The molecule has 0 amide bonds. The number of nitrogens with zero attached hydrogens (tertiary/aromatic N) is 1. The lowest BCUT2D eigenvalue weighted by atomic mass is 9.98. The first kappa shape index (κ1) is 16.5. The Bertz CT molecular complexity index is 452. The number of benzene rings is 1. The zero-order chi connectivity index (χ0) is 15.5. The largest absolute Gasteiger partial charge is 0.306 e. The molecule has 0 aromatic heterocycles. The molecule has 2 heteroatoms. The summed E-state index contributed by atoms with van der Waals surface area (Å²) < 4.78 is 0. The molecule has 122 valence electrons. The molecular formula is C20H32NP. The molecule has 0 heterocycles. The molecule has 0 radical (unpaired) electrons. The predicted octanol–water partition coefficient (Wildman–Crippen LogP) is 4.86. The summed E-state index contributed by atoms with van der Waals surface area (Å²) >= 11 is 0. The van der Waals surface area contributed by atoms with Crippen molar-refractivity contribution in [3.8, 4) is 0 Å². The van der Waals surface area contributed by atoms with Gasteiger partial charge >= 0.3 is 0 Å². The summed E-state index contributed by atoms with van der Waals surface area (Å²) in [7, 11) is 4.55. The first-order valence-electron chi connectivity index (χ1n) is 9.18. The summed E-state index contributed by atoms with van der Waals surface area (Å²) in [6.45, 7) is 2.45. The van der Waals surface area contributed by atoms with Crippen LogP contribution in [0.2, 0.25) is 0 Å². The van der Waals surface area contributed by atoms with Crippen LogP contribution in [-0.4, -0.2) is 36.4 Å². The second-order valence-electron chi connectivity index (χ2n) is 7.55. The SMILES string of the molecule is C[C@H](C1CCCC1[P@@](c1ccccc1)C1CCCC1)N(C)C. The molecule has 0 aliphatic heterocycles. The van der Waals surface area contributed by atoms with Gasteiger partial charge in [-0.3, -0.25) is 0 Å². The highest BCUT2D eigenvalue weighted by molar-refractivity contribution is 7.67. The zero-order valence-electron chi connectivity index (χ0n) is 14.5. The highest BCUT2D eigenvalue weighted by Gasteiger charge is 2.41. The summed E-state index contributed by atoms with van der Waals surface area (Å²) in [5.41, 5.74) is 1.95. The molecule has 2 aliphatic rings. The van der Waals surface area contributed by atoms with Crippen LogP contribution in [0.15, 0.2) is 30.3 Å². The molecule has 0 spiro atoms. The smallest absolute Gasteiger partial charge is 0.00952 e. The van der Waals surface area contributed by atoms with Crippen LogP contribution in [0.25, 0.3) is 0 Å². The van der Waals surface area contributed by atoms with E-state index in [-0.39, 0.29) is 7.92 Å². The molecule has 3 rings (SSSR count). The molecule has 0 saturated heterocycles. The van der Waals surface area contributed by atoms with Crippen LogP contribution in [-0.2, 0) is 0 Å². The van der Waals surface area contributed by atoms with Gasteiger partial charge in [0, 0.05) is 6.04 Å². The van der Waals surface area contributed by atoms with E-state index in [9.17, 15) is 0 Å². The van der Waals surface area contributed by atoms with Crippen LogP contribution in [0.4, 0.5) is 0 Å². The third kappa shape index (κ3) is 3.41. The molecule has 1 aromatic rings. The summed E-state index contributed by atoms with van der Waals surface area (Å²) in [5, 5.41) is 1.69. The maximum Gasteiger partial charge on any atom is 0.00952 e. The van der Waals surface area contributed by atoms with Crippen molar-refractivity contribution < 1.29 is 0 Å². The Morgan fingerprint density at radius 2 is 1.64 bits per heavy atom. The summed E-state index contributed by atoms with van der Waals surface area (Å²) in [5.74, 6) is 0.905. The van der Waals surface area contributed by atoms with E-state index in [0.717, 1.165) is 23.3 Å². The van der Waals surface area contributed by atoms with Crippen molar-refractivity contribution in [2.24, 2.45) is 5.92 Å². The topological polar surface area (TPSA) is 3.24 Å². The van der Waals surface area contributed by atoms with E-state index in [4.69, 9.17) is 0 Å². The lowest BCUT2D eigenvalue weighted by Crippen LogP contribution is -2.37.